The number of thioether (sulfide) groups is 2. The maximum absolute atomic E-state index is 14.6. The van der Waals surface area contributed by atoms with Gasteiger partial charge in [0.2, 0.25) is 11.8 Å². The zero-order valence-electron chi connectivity index (χ0n) is 27.0. The minimum absolute atomic E-state index is 0.0170. The molecule has 2 fully saturated rings. The quantitative estimate of drug-likeness (QED) is 0.192. The van der Waals surface area contributed by atoms with E-state index in [-0.39, 0.29) is 59.7 Å². The monoisotopic (exact) mass is 745 g/mol. The first-order valence-corrected chi connectivity index (χ1v) is 17.1. The van der Waals surface area contributed by atoms with E-state index in [2.05, 4.69) is 10.6 Å². The van der Waals surface area contributed by atoms with Crippen molar-refractivity contribution in [2.45, 2.75) is 48.9 Å². The predicted octanol–water partition coefficient (Wildman–Crippen LogP) is 5.84. The molecule has 0 radical (unpaired) electrons. The van der Waals surface area contributed by atoms with E-state index in [4.69, 9.17) is 9.47 Å². The van der Waals surface area contributed by atoms with E-state index < -0.39 is 56.4 Å². The average molecular weight is 746 g/mol. The Morgan fingerprint density at radius 3 is 1.82 bits per heavy atom. The summed E-state index contributed by atoms with van der Waals surface area (Å²) in [5.41, 5.74) is 0.0123. The molecule has 2 aliphatic heterocycles. The molecule has 0 bridgehead atoms. The number of imide groups is 2. The molecule has 0 spiro atoms. The van der Waals surface area contributed by atoms with Crippen LogP contribution >= 0.6 is 23.5 Å². The van der Waals surface area contributed by atoms with Crippen molar-refractivity contribution >= 4 is 63.4 Å². The molecule has 3 aromatic rings. The van der Waals surface area contributed by atoms with Gasteiger partial charge in [-0.15, -0.1) is 0 Å². The first-order valence-electron chi connectivity index (χ1n) is 15.3. The van der Waals surface area contributed by atoms with Crippen molar-refractivity contribution in [3.63, 3.8) is 0 Å². The fourth-order valence-corrected chi connectivity index (χ4v) is 7.26. The number of ether oxygens (including phenoxy) is 2. The van der Waals surface area contributed by atoms with E-state index in [0.29, 0.717) is 17.5 Å². The summed E-state index contributed by atoms with van der Waals surface area (Å²) < 4.78 is 51.2. The number of hydrogen-bond donors (Lipinski definition) is 3. The number of rotatable bonds is 13. The van der Waals surface area contributed by atoms with Crippen LogP contribution in [0.3, 0.4) is 0 Å². The van der Waals surface area contributed by atoms with Crippen LogP contribution in [0.1, 0.15) is 55.8 Å². The predicted molar refractivity (Wildman–Crippen MR) is 181 cm³/mol. The largest absolute Gasteiger partial charge is 0.496 e. The van der Waals surface area contributed by atoms with E-state index in [1.54, 1.807) is 6.07 Å². The summed E-state index contributed by atoms with van der Waals surface area (Å²) in [4.78, 5) is 75.9. The van der Waals surface area contributed by atoms with E-state index >= 15 is 0 Å². The molecule has 3 aromatic carbocycles. The van der Waals surface area contributed by atoms with Gasteiger partial charge in [-0.2, -0.15) is 13.2 Å². The second-order valence-electron chi connectivity index (χ2n) is 11.5. The van der Waals surface area contributed by atoms with Crippen LogP contribution in [-0.4, -0.2) is 64.0 Å². The van der Waals surface area contributed by atoms with Crippen LogP contribution in [0.2, 0.25) is 0 Å². The number of carbonyl (C=O) groups excluding carboxylic acids is 5. The Morgan fingerprint density at radius 1 is 0.784 bits per heavy atom. The molecule has 0 aromatic heterocycles. The number of hydrogen-bond acceptors (Lipinski definition) is 10. The number of carboxylic acid groups (broad SMARTS) is 1. The zero-order valence-corrected chi connectivity index (χ0v) is 28.6. The topological polar surface area (TPSA) is 168 Å². The minimum Gasteiger partial charge on any atom is -0.496 e. The summed E-state index contributed by atoms with van der Waals surface area (Å²) in [5.74, 6) is -3.10. The second-order valence-corrected chi connectivity index (χ2v) is 13.8. The lowest BCUT2D eigenvalue weighted by atomic mass is 9.99. The van der Waals surface area contributed by atoms with Crippen LogP contribution in [0, 0.1) is 0 Å². The highest BCUT2D eigenvalue weighted by atomic mass is 32.2. The Kier molecular flexibility index (Phi) is 11.3. The highest BCUT2D eigenvalue weighted by Gasteiger charge is 2.34. The molecule has 17 heteroatoms. The van der Waals surface area contributed by atoms with Crippen LogP contribution in [0.25, 0.3) is 0 Å². The van der Waals surface area contributed by atoms with Crippen molar-refractivity contribution in [2.75, 3.05) is 19.1 Å². The number of aryl methyl sites for hydroxylation is 2. The maximum atomic E-state index is 14.6. The summed E-state index contributed by atoms with van der Waals surface area (Å²) in [6.07, 6.45) is -3.78. The highest BCUT2D eigenvalue weighted by molar-refractivity contribution is 8.15. The molecule has 2 heterocycles. The van der Waals surface area contributed by atoms with Crippen LogP contribution in [0.15, 0.2) is 54.6 Å². The fourth-order valence-electron chi connectivity index (χ4n) is 5.62. The van der Waals surface area contributed by atoms with Gasteiger partial charge >= 0.3 is 12.1 Å². The number of halogens is 3. The molecular weight excluding hydrogens is 716 g/mol. The van der Waals surface area contributed by atoms with Gasteiger partial charge in [0.1, 0.15) is 11.3 Å². The Labute approximate surface area is 297 Å². The lowest BCUT2D eigenvalue weighted by Gasteiger charge is -2.27. The van der Waals surface area contributed by atoms with Gasteiger partial charge in [-0.25, -0.2) is 4.79 Å². The summed E-state index contributed by atoms with van der Waals surface area (Å²) in [6.45, 7) is -0.334. The number of nitrogens with one attached hydrogen (secondary N) is 2. The van der Waals surface area contributed by atoms with Gasteiger partial charge in [-0.05, 0) is 78.8 Å². The number of aromatic carboxylic acids is 1. The normalized spacial score (nSPS) is 17.3. The van der Waals surface area contributed by atoms with Gasteiger partial charge in [0.05, 0.1) is 48.1 Å². The Balaban J connectivity index is 1.58. The van der Waals surface area contributed by atoms with Gasteiger partial charge in [-0.1, -0.05) is 41.7 Å². The van der Waals surface area contributed by atoms with Crippen molar-refractivity contribution in [1.29, 1.82) is 0 Å². The van der Waals surface area contributed by atoms with E-state index in [1.807, 2.05) is 0 Å². The molecule has 2 unspecified atom stereocenters. The number of carboxylic acids is 1. The minimum atomic E-state index is -4.61. The molecule has 3 N–H and O–H groups in total. The molecule has 2 saturated heterocycles. The standard InChI is InChI=1S/C34H30F3N3O9S2/c1-48-24-10-5-17(6-11-25-28(41)38-32(46)50-25)13-21(24)30(43)40(16-18-3-8-20(9-4-18)34(35,36)37)23-15-19(14-22(31(44)45)27(23)49-2)7-12-26-29(42)39-33(47)51-26/h3-5,8-10,13-15,25-26H,6-7,11-12,16H2,1-2H3,(H,44,45)(H,38,41,46)(H,39,42,47). The van der Waals surface area contributed by atoms with Crippen molar-refractivity contribution in [1.82, 2.24) is 10.6 Å². The van der Waals surface area contributed by atoms with E-state index in [0.717, 1.165) is 35.7 Å². The number of methoxy groups -OCH3 is 2. The molecule has 268 valence electrons. The van der Waals surface area contributed by atoms with Crippen LogP contribution in [0.4, 0.5) is 28.4 Å². The molecule has 51 heavy (non-hydrogen) atoms. The Morgan fingerprint density at radius 2 is 1.33 bits per heavy atom. The van der Waals surface area contributed by atoms with E-state index in [9.17, 15) is 47.0 Å². The number of amides is 5. The summed E-state index contributed by atoms with van der Waals surface area (Å²) in [7, 11) is 2.54. The zero-order chi connectivity index (χ0) is 37.0. The highest BCUT2D eigenvalue weighted by Crippen LogP contribution is 2.38. The molecule has 0 aliphatic carbocycles. The van der Waals surface area contributed by atoms with Gasteiger partial charge in [0.15, 0.2) is 5.75 Å². The van der Waals surface area contributed by atoms with Gasteiger partial charge in [-0.3, -0.25) is 34.6 Å². The molecule has 5 amide bonds. The van der Waals surface area contributed by atoms with Crippen molar-refractivity contribution in [2.24, 2.45) is 0 Å². The third-order valence-electron chi connectivity index (χ3n) is 8.14. The molecular formula is C34H30F3N3O9S2. The van der Waals surface area contributed by atoms with Gasteiger partial charge < -0.3 is 19.5 Å². The Bertz CT molecular complexity index is 1900. The molecule has 2 aliphatic rings. The third kappa shape index (κ3) is 8.65. The molecule has 12 nitrogen and oxygen atoms in total. The summed E-state index contributed by atoms with van der Waals surface area (Å²) >= 11 is 1.67. The average Bonchev–Trinajstić information content (AvgIpc) is 3.60. The molecule has 2 atom stereocenters. The maximum Gasteiger partial charge on any atom is 0.416 e. The van der Waals surface area contributed by atoms with Crippen molar-refractivity contribution in [3.05, 3.63) is 88.0 Å². The Hall–Kier alpha value is -5.03. The number of alkyl halides is 3. The lowest BCUT2D eigenvalue weighted by Crippen LogP contribution is -2.32. The summed E-state index contributed by atoms with van der Waals surface area (Å²) in [5, 5.41) is 12.3. The van der Waals surface area contributed by atoms with E-state index in [1.165, 1.54) is 55.5 Å². The SMILES string of the molecule is COc1ccc(CCC2SC(=O)NC2=O)cc1C(=O)N(Cc1ccc(C(F)(F)F)cc1)c1cc(CCC2SC(=O)NC2=O)cc(C(=O)O)c1OC. The fraction of sp³-hybridized carbons (Fsp3) is 0.294. The first-order chi connectivity index (χ1) is 24.2. The number of anilines is 1. The first kappa shape index (κ1) is 37.2. The van der Waals surface area contributed by atoms with Crippen LogP contribution < -0.4 is 25.0 Å². The molecule has 5 rings (SSSR count). The van der Waals surface area contributed by atoms with Crippen molar-refractivity contribution < 1.29 is 56.5 Å². The van der Waals surface area contributed by atoms with Gasteiger partial charge in [0.25, 0.3) is 16.4 Å². The number of benzene rings is 3. The number of carbonyl (C=O) groups is 6. The van der Waals surface area contributed by atoms with Crippen molar-refractivity contribution in [3.8, 4) is 11.5 Å². The van der Waals surface area contributed by atoms with Crippen LogP contribution in [-0.2, 0) is 35.2 Å². The summed E-state index contributed by atoms with van der Waals surface area (Å²) in [6, 6.07) is 11.7. The lowest BCUT2D eigenvalue weighted by molar-refractivity contribution is -0.137. The van der Waals surface area contributed by atoms with Crippen LogP contribution in [0.5, 0.6) is 11.5 Å². The number of nitrogens with zero attached hydrogens (tertiary/aromatic N) is 1. The third-order valence-corrected chi connectivity index (χ3v) is 10.2. The second kappa shape index (κ2) is 15.5. The van der Waals surface area contributed by atoms with Gasteiger partial charge in [0, 0.05) is 0 Å². The smallest absolute Gasteiger partial charge is 0.416 e. The molecule has 0 saturated carbocycles.